The van der Waals surface area contributed by atoms with Crippen LogP contribution in [0.1, 0.15) is 0 Å². The fourth-order valence-corrected chi connectivity index (χ4v) is 6.40. The number of anilines is 3. The molecule has 4 aromatic heterocycles. The van der Waals surface area contributed by atoms with Crippen molar-refractivity contribution in [2.24, 2.45) is 0 Å². The Morgan fingerprint density at radius 2 is 0.891 bits per heavy atom. The number of hydrogen-bond acceptors (Lipinski definition) is 3. The summed E-state index contributed by atoms with van der Waals surface area (Å²) in [6.07, 6.45) is 0. The normalized spacial score (nSPS) is 11.3. The van der Waals surface area contributed by atoms with E-state index in [2.05, 4.69) is 123 Å². The summed E-state index contributed by atoms with van der Waals surface area (Å²) in [5, 5.41) is 4.47. The monoisotopic (exact) mass is 770 g/mol. The van der Waals surface area contributed by atoms with Gasteiger partial charge in [0.25, 0.3) is 0 Å². The first-order valence-corrected chi connectivity index (χ1v) is 14.9. The topological polar surface area (TPSA) is 38.9 Å². The Kier molecular flexibility index (Phi) is 6.97. The third kappa shape index (κ3) is 4.43. The Labute approximate surface area is 280 Å². The van der Waals surface area contributed by atoms with Crippen molar-refractivity contribution in [2.45, 2.75) is 0 Å². The van der Waals surface area contributed by atoms with E-state index in [1.54, 1.807) is 0 Å². The Balaban J connectivity index is 0.00000312. The Morgan fingerprint density at radius 1 is 0.435 bits per heavy atom. The second-order valence-corrected chi connectivity index (χ2v) is 11.0. The van der Waals surface area contributed by atoms with Crippen LogP contribution in [0.5, 0.6) is 0 Å². The quantitative estimate of drug-likeness (QED) is 0.164. The Morgan fingerprint density at radius 3 is 1.37 bits per heavy atom. The molecule has 0 fully saturated rings. The van der Waals surface area contributed by atoms with Gasteiger partial charge in [0.15, 0.2) is 0 Å². The average molecular weight is 771 g/mol. The van der Waals surface area contributed by atoms with Crippen LogP contribution in [0.15, 0.2) is 152 Å². The van der Waals surface area contributed by atoms with Crippen LogP contribution in [0, 0.1) is 12.1 Å². The fraction of sp³-hybridized carbons (Fsp3) is 0. The van der Waals surface area contributed by atoms with Gasteiger partial charge < -0.3 is 9.13 Å². The molecule has 0 bridgehead atoms. The van der Waals surface area contributed by atoms with Gasteiger partial charge in [-0.3, -0.25) is 4.90 Å². The van der Waals surface area contributed by atoms with Crippen molar-refractivity contribution in [1.29, 1.82) is 0 Å². The van der Waals surface area contributed by atoms with Gasteiger partial charge in [-0.05, 0) is 48.5 Å². The maximum Gasteiger partial charge on any atom is 2.00 e. The number of pyridine rings is 2. The summed E-state index contributed by atoms with van der Waals surface area (Å²) in [6.45, 7) is 0. The van der Waals surface area contributed by atoms with Gasteiger partial charge >= 0.3 is 21.1 Å². The summed E-state index contributed by atoms with van der Waals surface area (Å²) >= 11 is 0. The van der Waals surface area contributed by atoms with E-state index in [-0.39, 0.29) is 21.1 Å². The summed E-state index contributed by atoms with van der Waals surface area (Å²) in [7, 11) is 0. The molecule has 0 aliphatic rings. The molecule has 0 saturated heterocycles. The maximum atomic E-state index is 5.36. The summed E-state index contributed by atoms with van der Waals surface area (Å²) in [5.41, 5.74) is 6.78. The van der Waals surface area contributed by atoms with Crippen LogP contribution < -0.4 is 4.90 Å². The minimum Gasteiger partial charge on any atom is -0.318 e. The van der Waals surface area contributed by atoms with Crippen molar-refractivity contribution in [1.82, 2.24) is 19.1 Å². The van der Waals surface area contributed by atoms with E-state index in [1.807, 2.05) is 54.6 Å². The summed E-state index contributed by atoms with van der Waals surface area (Å²) in [5.74, 6) is 1.55. The standard InChI is InChI=1S/C40H25N5.Pt/c1-4-14-28(15-5-1)43-35-22-12-10-20-31(35)33-24-26-37(41-39(33)43)45(30-18-8-3-9-19-30)38-27-25-34-32-21-11-13-23-36(32)44(40(34)42-38)29-16-6-2-7-17-29;/h1-14,16,18-27H;/q-2;+2. The van der Waals surface area contributed by atoms with Crippen LogP contribution in [0.2, 0.25) is 0 Å². The first-order valence-electron chi connectivity index (χ1n) is 14.9. The van der Waals surface area contributed by atoms with E-state index >= 15 is 0 Å². The molecule has 5 nitrogen and oxygen atoms in total. The molecule has 0 spiro atoms. The smallest absolute Gasteiger partial charge is 0.318 e. The summed E-state index contributed by atoms with van der Waals surface area (Å²) in [4.78, 5) is 12.9. The predicted molar refractivity (Wildman–Crippen MR) is 183 cm³/mol. The van der Waals surface area contributed by atoms with Crippen molar-refractivity contribution >= 4 is 61.2 Å². The Bertz CT molecular complexity index is 2330. The summed E-state index contributed by atoms with van der Waals surface area (Å²) in [6, 6.07) is 58.6. The molecule has 4 heterocycles. The average Bonchev–Trinajstić information content (AvgIpc) is 3.62. The van der Waals surface area contributed by atoms with Crippen molar-refractivity contribution < 1.29 is 21.1 Å². The van der Waals surface area contributed by atoms with E-state index in [0.29, 0.717) is 0 Å². The fourth-order valence-electron chi connectivity index (χ4n) is 6.40. The van der Waals surface area contributed by atoms with Gasteiger partial charge in [-0.25, -0.2) is 9.97 Å². The second-order valence-electron chi connectivity index (χ2n) is 11.0. The SMILES string of the molecule is [Pt+2].[c-]1ccccc1-n1c2ccccc2c2ccc(N(c3ccccc3)c3ccc4c5ccccc5n(-c5[c-]cccc5)c4n3)nc21. The van der Waals surface area contributed by atoms with Gasteiger partial charge in [0.2, 0.25) is 0 Å². The van der Waals surface area contributed by atoms with Gasteiger partial charge in [-0.15, -0.1) is 12.1 Å². The predicted octanol–water partition coefficient (Wildman–Crippen LogP) is 9.74. The molecule has 220 valence electrons. The number of nitrogens with zero attached hydrogens (tertiary/aromatic N) is 5. The van der Waals surface area contributed by atoms with E-state index in [9.17, 15) is 0 Å². The van der Waals surface area contributed by atoms with E-state index in [0.717, 1.165) is 72.6 Å². The van der Waals surface area contributed by atoms with Gasteiger partial charge in [0.1, 0.15) is 22.9 Å². The third-order valence-corrected chi connectivity index (χ3v) is 8.35. The number of para-hydroxylation sites is 5. The maximum absolute atomic E-state index is 5.36. The third-order valence-electron chi connectivity index (χ3n) is 8.35. The zero-order valence-electron chi connectivity index (χ0n) is 24.5. The van der Waals surface area contributed by atoms with Gasteiger partial charge in [0.05, 0.1) is 11.0 Å². The zero-order valence-corrected chi connectivity index (χ0v) is 26.8. The molecule has 0 amide bonds. The van der Waals surface area contributed by atoms with Crippen molar-refractivity contribution in [3.63, 3.8) is 0 Å². The number of rotatable bonds is 5. The van der Waals surface area contributed by atoms with Gasteiger partial charge in [-0.2, -0.15) is 48.5 Å². The molecule has 0 radical (unpaired) electrons. The molecule has 0 aliphatic heterocycles. The number of hydrogen-bond donors (Lipinski definition) is 0. The molecule has 0 saturated carbocycles. The minimum absolute atomic E-state index is 0. The van der Waals surface area contributed by atoms with Crippen LogP contribution in [-0.2, 0) is 21.1 Å². The molecular formula is C40H25N5Pt. The molecule has 9 rings (SSSR count). The molecule has 0 aliphatic carbocycles. The molecule has 46 heavy (non-hydrogen) atoms. The van der Waals surface area contributed by atoms with Crippen LogP contribution in [0.3, 0.4) is 0 Å². The number of benzene rings is 5. The molecular weight excluding hydrogens is 746 g/mol. The molecule has 9 aromatic rings. The summed E-state index contributed by atoms with van der Waals surface area (Å²) < 4.78 is 4.38. The van der Waals surface area contributed by atoms with Crippen LogP contribution >= 0.6 is 0 Å². The number of aromatic nitrogens is 4. The van der Waals surface area contributed by atoms with Crippen molar-refractivity contribution in [2.75, 3.05) is 4.90 Å². The van der Waals surface area contributed by atoms with Crippen molar-refractivity contribution in [3.8, 4) is 11.4 Å². The van der Waals surface area contributed by atoms with Crippen LogP contribution in [0.25, 0.3) is 55.2 Å². The van der Waals surface area contributed by atoms with E-state index < -0.39 is 0 Å². The largest absolute Gasteiger partial charge is 2.00 e. The number of fused-ring (bicyclic) bond motifs is 6. The van der Waals surface area contributed by atoms with Gasteiger partial charge in [0, 0.05) is 27.2 Å². The van der Waals surface area contributed by atoms with Crippen LogP contribution in [0.4, 0.5) is 17.3 Å². The molecule has 6 heteroatoms. The molecule has 5 aromatic carbocycles. The molecule has 0 atom stereocenters. The van der Waals surface area contributed by atoms with E-state index in [1.165, 1.54) is 0 Å². The van der Waals surface area contributed by atoms with Crippen LogP contribution in [-0.4, -0.2) is 19.1 Å². The molecule has 0 N–H and O–H groups in total. The second kappa shape index (κ2) is 11.4. The molecule has 0 unspecified atom stereocenters. The minimum atomic E-state index is 0. The zero-order chi connectivity index (χ0) is 29.7. The first-order chi connectivity index (χ1) is 22.3. The van der Waals surface area contributed by atoms with E-state index in [4.69, 9.17) is 9.97 Å². The first kappa shape index (κ1) is 28.0. The van der Waals surface area contributed by atoms with Gasteiger partial charge in [-0.1, -0.05) is 66.0 Å². The Hall–Kier alpha value is -5.51. The van der Waals surface area contributed by atoms with Crippen molar-refractivity contribution in [3.05, 3.63) is 164 Å².